The molecule has 1 aromatic carbocycles. The van der Waals surface area contributed by atoms with Crippen LogP contribution in [0.3, 0.4) is 0 Å². The van der Waals surface area contributed by atoms with E-state index in [9.17, 15) is 9.50 Å². The van der Waals surface area contributed by atoms with E-state index in [0.717, 1.165) is 15.8 Å². The quantitative estimate of drug-likeness (QED) is 0.183. The van der Waals surface area contributed by atoms with Gasteiger partial charge in [-0.05, 0) is 58.6 Å². The average Bonchev–Trinajstić information content (AvgIpc) is 3.15. The van der Waals surface area contributed by atoms with Crippen molar-refractivity contribution in [2.75, 3.05) is 11.9 Å². The van der Waals surface area contributed by atoms with Crippen LogP contribution in [0.15, 0.2) is 64.7 Å². The summed E-state index contributed by atoms with van der Waals surface area (Å²) in [4.78, 5) is 0.812. The van der Waals surface area contributed by atoms with E-state index in [2.05, 4.69) is 21.2 Å². The third-order valence-electron chi connectivity index (χ3n) is 4.15. The molecule has 3 N–H and O–H groups in total. The average molecular weight is 494 g/mol. The first-order chi connectivity index (χ1) is 14.0. The maximum atomic E-state index is 14.1. The van der Waals surface area contributed by atoms with E-state index in [4.69, 9.17) is 17.3 Å². The van der Waals surface area contributed by atoms with Crippen LogP contribution in [-0.2, 0) is 6.42 Å². The minimum atomic E-state index is -0.433. The SMILES string of the molecule is OCCCc1cc[n+](/C(C(=S)Nc2ccccc2F)=C(/O)c2ccc(Br)s2)cc1. The molecule has 0 aliphatic rings. The van der Waals surface area contributed by atoms with Crippen LogP contribution in [-0.4, -0.2) is 21.8 Å². The lowest BCUT2D eigenvalue weighted by atomic mass is 10.1. The van der Waals surface area contributed by atoms with E-state index in [1.807, 2.05) is 18.2 Å². The zero-order valence-corrected chi connectivity index (χ0v) is 18.5. The van der Waals surface area contributed by atoms with E-state index < -0.39 is 5.82 Å². The van der Waals surface area contributed by atoms with Gasteiger partial charge >= 0.3 is 0 Å². The number of benzene rings is 1. The Morgan fingerprint density at radius 1 is 1.14 bits per heavy atom. The van der Waals surface area contributed by atoms with Crippen LogP contribution in [0.2, 0.25) is 0 Å². The van der Waals surface area contributed by atoms with E-state index in [0.29, 0.717) is 17.0 Å². The molecule has 0 aliphatic heterocycles. The summed E-state index contributed by atoms with van der Waals surface area (Å²) in [5.41, 5.74) is 1.63. The summed E-state index contributed by atoms with van der Waals surface area (Å²) in [5, 5.41) is 22.9. The number of nitrogens with zero attached hydrogens (tertiary/aromatic N) is 1. The van der Waals surface area contributed by atoms with Gasteiger partial charge in [-0.15, -0.1) is 11.3 Å². The van der Waals surface area contributed by atoms with Crippen LogP contribution in [0.25, 0.3) is 11.5 Å². The summed E-state index contributed by atoms with van der Waals surface area (Å²) < 4.78 is 16.6. The summed E-state index contributed by atoms with van der Waals surface area (Å²) >= 11 is 10.3. The molecule has 0 atom stereocenters. The molecule has 3 rings (SSSR count). The van der Waals surface area contributed by atoms with Gasteiger partial charge in [0.2, 0.25) is 5.76 Å². The van der Waals surface area contributed by atoms with Crippen LogP contribution in [0.5, 0.6) is 0 Å². The van der Waals surface area contributed by atoms with Crippen molar-refractivity contribution < 1.29 is 19.2 Å². The van der Waals surface area contributed by atoms with Crippen molar-refractivity contribution in [3.8, 4) is 0 Å². The Morgan fingerprint density at radius 3 is 2.48 bits per heavy atom. The fourth-order valence-corrected chi connectivity index (χ4v) is 4.35. The van der Waals surface area contributed by atoms with Crippen molar-refractivity contribution in [1.82, 2.24) is 0 Å². The highest BCUT2D eigenvalue weighted by molar-refractivity contribution is 9.11. The van der Waals surface area contributed by atoms with Crippen molar-refractivity contribution in [2.45, 2.75) is 12.8 Å². The fourth-order valence-electron chi connectivity index (χ4n) is 2.71. The Bertz CT molecular complexity index is 1040. The molecule has 29 heavy (non-hydrogen) atoms. The highest BCUT2D eigenvalue weighted by Gasteiger charge is 2.25. The number of para-hydroxylation sites is 1. The number of aliphatic hydroxyl groups is 2. The number of halogens is 2. The second kappa shape index (κ2) is 10.1. The van der Waals surface area contributed by atoms with Gasteiger partial charge in [-0.2, -0.15) is 4.57 Å². The monoisotopic (exact) mass is 493 g/mol. The molecule has 8 heteroatoms. The lowest BCUT2D eigenvalue weighted by Gasteiger charge is -2.10. The normalized spacial score (nSPS) is 11.8. The second-order valence-corrected chi connectivity index (χ2v) is 9.05. The van der Waals surface area contributed by atoms with Crippen LogP contribution in [0.4, 0.5) is 10.1 Å². The second-order valence-electron chi connectivity index (χ2n) is 6.18. The molecule has 2 aromatic heterocycles. The van der Waals surface area contributed by atoms with Crippen molar-refractivity contribution in [3.63, 3.8) is 0 Å². The molecule has 0 radical (unpaired) electrons. The summed E-state index contributed by atoms with van der Waals surface area (Å²) in [5.74, 6) is -0.445. The minimum absolute atomic E-state index is 0.0114. The molecular weight excluding hydrogens is 475 g/mol. The highest BCUT2D eigenvalue weighted by Crippen LogP contribution is 2.29. The van der Waals surface area contributed by atoms with Crippen molar-refractivity contribution in [1.29, 1.82) is 0 Å². The van der Waals surface area contributed by atoms with Gasteiger partial charge in [0.25, 0.3) is 5.70 Å². The molecule has 0 amide bonds. The van der Waals surface area contributed by atoms with Crippen molar-refractivity contribution in [2.24, 2.45) is 0 Å². The number of aryl methyl sites for hydroxylation is 1. The maximum Gasteiger partial charge on any atom is 0.289 e. The maximum absolute atomic E-state index is 14.1. The molecule has 4 nitrogen and oxygen atoms in total. The number of hydrogen-bond donors (Lipinski definition) is 3. The largest absolute Gasteiger partial charge is 0.501 e. The smallest absolute Gasteiger partial charge is 0.289 e. The number of pyridine rings is 1. The molecule has 0 fully saturated rings. The molecule has 0 spiro atoms. The topological polar surface area (TPSA) is 56.4 Å². The van der Waals surface area contributed by atoms with Gasteiger partial charge in [0.1, 0.15) is 5.82 Å². The van der Waals surface area contributed by atoms with Gasteiger partial charge < -0.3 is 15.5 Å². The van der Waals surface area contributed by atoms with Crippen LogP contribution in [0, 0.1) is 5.82 Å². The highest BCUT2D eigenvalue weighted by atomic mass is 79.9. The number of nitrogens with one attached hydrogen (secondary N) is 1. The van der Waals surface area contributed by atoms with E-state index in [1.165, 1.54) is 17.4 Å². The summed E-state index contributed by atoms with van der Waals surface area (Å²) in [7, 11) is 0. The van der Waals surface area contributed by atoms with Gasteiger partial charge in [0.15, 0.2) is 17.4 Å². The lowest BCUT2D eigenvalue weighted by molar-refractivity contribution is -0.575. The van der Waals surface area contributed by atoms with Crippen molar-refractivity contribution >= 4 is 61.6 Å². The number of anilines is 1. The predicted octanol–water partition coefficient (Wildman–Crippen LogP) is 5.19. The van der Waals surface area contributed by atoms with Gasteiger partial charge in [-0.3, -0.25) is 0 Å². The number of hydrogen-bond acceptors (Lipinski definition) is 4. The van der Waals surface area contributed by atoms with Gasteiger partial charge in [-0.1, -0.05) is 24.4 Å². The molecule has 150 valence electrons. The Morgan fingerprint density at radius 2 is 1.86 bits per heavy atom. The molecule has 0 aliphatic carbocycles. The molecule has 0 saturated carbocycles. The van der Waals surface area contributed by atoms with Crippen LogP contribution >= 0.6 is 39.5 Å². The Hall–Kier alpha value is -2.13. The standard InChI is InChI=1S/C21H18BrFN2O2S2/c22-18-8-7-17(29-18)20(27)19(21(28)24-16-6-2-1-5-15(16)23)25-11-9-14(10-12-25)4-3-13-26/h1-2,5-12,26H,3-4,13H2,(H-,24,27,28)/p+1. The zero-order valence-electron chi connectivity index (χ0n) is 15.3. The van der Waals surface area contributed by atoms with Crippen molar-refractivity contribution in [3.05, 3.63) is 81.0 Å². The third-order valence-corrected chi connectivity index (χ3v) is 6.07. The Kier molecular flexibility index (Phi) is 7.49. The zero-order chi connectivity index (χ0) is 20.8. The first-order valence-electron chi connectivity index (χ1n) is 8.86. The lowest BCUT2D eigenvalue weighted by Crippen LogP contribution is -2.38. The number of rotatable bonds is 7. The molecule has 3 aromatic rings. The molecule has 2 heterocycles. The van der Waals surface area contributed by atoms with Crippen LogP contribution in [0.1, 0.15) is 16.9 Å². The summed E-state index contributed by atoms with van der Waals surface area (Å²) in [6.07, 6.45) is 5.00. The van der Waals surface area contributed by atoms with Gasteiger partial charge in [0, 0.05) is 18.7 Å². The number of aromatic nitrogens is 1. The fraction of sp³-hybridized carbons (Fsp3) is 0.143. The number of aliphatic hydroxyl groups excluding tert-OH is 2. The summed E-state index contributed by atoms with van der Waals surface area (Å²) in [6.45, 7) is 0.130. The molecule has 0 saturated heterocycles. The van der Waals surface area contributed by atoms with E-state index in [-0.39, 0.29) is 23.0 Å². The number of thiocarbonyl (C=S) groups is 1. The predicted molar refractivity (Wildman–Crippen MR) is 122 cm³/mol. The van der Waals surface area contributed by atoms with Gasteiger partial charge in [-0.25, -0.2) is 4.39 Å². The molecule has 0 bridgehead atoms. The van der Waals surface area contributed by atoms with E-state index >= 15 is 0 Å². The Balaban J connectivity index is 2.00. The van der Waals surface area contributed by atoms with E-state index in [1.54, 1.807) is 41.2 Å². The first-order valence-corrected chi connectivity index (χ1v) is 10.9. The van der Waals surface area contributed by atoms with Crippen LogP contribution < -0.4 is 9.88 Å². The number of thiophene rings is 1. The summed E-state index contributed by atoms with van der Waals surface area (Å²) in [6, 6.07) is 13.7. The Labute approximate surface area is 186 Å². The first kappa shape index (κ1) is 21.6. The molecule has 0 unspecified atom stereocenters. The third kappa shape index (κ3) is 5.48. The molecular formula is C21H19BrFN2O2S2+. The minimum Gasteiger partial charge on any atom is -0.501 e. The van der Waals surface area contributed by atoms with Gasteiger partial charge in [0.05, 0.1) is 14.4 Å².